The van der Waals surface area contributed by atoms with Crippen LogP contribution in [0.5, 0.6) is 0 Å². The average molecular weight is 294 g/mol. The highest BCUT2D eigenvalue weighted by atomic mass is 35.5. The lowest BCUT2D eigenvalue weighted by atomic mass is 10.2. The Balaban J connectivity index is 1.92. The van der Waals surface area contributed by atoms with Crippen LogP contribution in [0.3, 0.4) is 0 Å². The Morgan fingerprint density at radius 1 is 1.11 bits per heavy atom. The van der Waals surface area contributed by atoms with E-state index < -0.39 is 0 Å². The summed E-state index contributed by atoms with van der Waals surface area (Å²) in [6.07, 6.45) is 2.31. The van der Waals surface area contributed by atoms with E-state index in [1.165, 1.54) is 0 Å². The summed E-state index contributed by atoms with van der Waals surface area (Å²) in [7, 11) is 0. The molecule has 0 spiro atoms. The Morgan fingerprint density at radius 3 is 2.42 bits per heavy atom. The van der Waals surface area contributed by atoms with Gasteiger partial charge in [0.1, 0.15) is 16.8 Å². The molecule has 0 bridgehead atoms. The number of halogens is 2. The van der Waals surface area contributed by atoms with Crippen molar-refractivity contribution in [2.45, 2.75) is 25.7 Å². The fourth-order valence-electron chi connectivity index (χ4n) is 1.82. The van der Waals surface area contributed by atoms with E-state index in [1.54, 1.807) is 0 Å². The van der Waals surface area contributed by atoms with E-state index in [-0.39, 0.29) is 0 Å². The third-order valence-electron chi connectivity index (χ3n) is 3.15. The minimum atomic E-state index is 0.476. The summed E-state index contributed by atoms with van der Waals surface area (Å²) in [6, 6.07) is 7.50. The van der Waals surface area contributed by atoms with Crippen LogP contribution in [-0.2, 0) is 0 Å². The molecule has 1 N–H and O–H groups in total. The average Bonchev–Trinajstić information content (AvgIpc) is 3.21. The third-order valence-corrected chi connectivity index (χ3v) is 3.77. The molecule has 1 aromatic heterocycles. The Kier molecular flexibility index (Phi) is 3.33. The van der Waals surface area contributed by atoms with E-state index in [0.29, 0.717) is 16.1 Å². The summed E-state index contributed by atoms with van der Waals surface area (Å²) in [5.74, 6) is 2.08. The molecule has 0 aliphatic heterocycles. The van der Waals surface area contributed by atoms with Crippen LogP contribution < -0.4 is 5.32 Å². The second-order valence-electron chi connectivity index (χ2n) is 4.75. The molecule has 1 heterocycles. The van der Waals surface area contributed by atoms with Gasteiger partial charge in [-0.15, -0.1) is 0 Å². The van der Waals surface area contributed by atoms with Crippen LogP contribution in [-0.4, -0.2) is 9.97 Å². The normalized spacial score (nSPS) is 14.5. The summed E-state index contributed by atoms with van der Waals surface area (Å²) in [5.41, 5.74) is 1.80. The van der Waals surface area contributed by atoms with Gasteiger partial charge in [-0.05, 0) is 44.0 Å². The van der Waals surface area contributed by atoms with Gasteiger partial charge < -0.3 is 5.32 Å². The van der Waals surface area contributed by atoms with Gasteiger partial charge in [0, 0.05) is 22.2 Å². The van der Waals surface area contributed by atoms with Crippen LogP contribution in [0.15, 0.2) is 24.3 Å². The van der Waals surface area contributed by atoms with Crippen LogP contribution in [0.25, 0.3) is 0 Å². The Hall–Kier alpha value is -1.32. The topological polar surface area (TPSA) is 37.8 Å². The highest BCUT2D eigenvalue weighted by Gasteiger charge is 2.28. The van der Waals surface area contributed by atoms with Crippen LogP contribution >= 0.6 is 23.2 Å². The van der Waals surface area contributed by atoms with Crippen molar-refractivity contribution in [2.24, 2.45) is 0 Å². The van der Waals surface area contributed by atoms with Crippen LogP contribution in [0, 0.1) is 6.92 Å². The number of hydrogen-bond acceptors (Lipinski definition) is 3. The number of anilines is 2. The molecule has 3 rings (SSSR count). The van der Waals surface area contributed by atoms with Crippen LogP contribution in [0.2, 0.25) is 10.2 Å². The van der Waals surface area contributed by atoms with Crippen molar-refractivity contribution in [1.29, 1.82) is 0 Å². The molecule has 1 fully saturated rings. The summed E-state index contributed by atoms with van der Waals surface area (Å²) >= 11 is 12.0. The summed E-state index contributed by atoms with van der Waals surface area (Å²) < 4.78 is 0. The van der Waals surface area contributed by atoms with Crippen LogP contribution in [0.4, 0.5) is 11.5 Å². The second kappa shape index (κ2) is 4.99. The van der Waals surface area contributed by atoms with Crippen molar-refractivity contribution in [3.05, 3.63) is 45.8 Å². The first-order valence-corrected chi connectivity index (χ1v) is 6.95. The molecule has 0 unspecified atom stereocenters. The van der Waals surface area contributed by atoms with Gasteiger partial charge in [-0.25, -0.2) is 9.97 Å². The maximum Gasteiger partial charge on any atom is 0.138 e. The molecule has 0 saturated heterocycles. The van der Waals surface area contributed by atoms with Crippen molar-refractivity contribution >= 4 is 34.7 Å². The first-order chi connectivity index (χ1) is 9.13. The number of nitrogens with zero attached hydrogens (tertiary/aromatic N) is 2. The first-order valence-electron chi connectivity index (χ1n) is 6.20. The van der Waals surface area contributed by atoms with Crippen LogP contribution in [0.1, 0.15) is 30.1 Å². The number of rotatable bonds is 3. The van der Waals surface area contributed by atoms with E-state index in [2.05, 4.69) is 15.3 Å². The van der Waals surface area contributed by atoms with E-state index in [9.17, 15) is 0 Å². The zero-order valence-corrected chi connectivity index (χ0v) is 12.0. The zero-order valence-electron chi connectivity index (χ0n) is 10.5. The summed E-state index contributed by atoms with van der Waals surface area (Å²) in [4.78, 5) is 8.92. The Labute approximate surface area is 122 Å². The second-order valence-corrected chi connectivity index (χ2v) is 5.55. The van der Waals surface area contributed by atoms with E-state index in [1.807, 2.05) is 31.2 Å². The molecule has 1 aromatic carbocycles. The first kappa shape index (κ1) is 12.7. The van der Waals surface area contributed by atoms with Gasteiger partial charge in [0.25, 0.3) is 0 Å². The lowest BCUT2D eigenvalue weighted by Gasteiger charge is -2.11. The van der Waals surface area contributed by atoms with Crippen molar-refractivity contribution in [3.8, 4) is 0 Å². The van der Waals surface area contributed by atoms with Crippen molar-refractivity contribution in [1.82, 2.24) is 9.97 Å². The Bertz CT molecular complexity index is 607. The predicted molar refractivity (Wildman–Crippen MR) is 78.5 cm³/mol. The van der Waals surface area contributed by atoms with Gasteiger partial charge in [-0.2, -0.15) is 0 Å². The lowest BCUT2D eigenvalue weighted by molar-refractivity contribution is 0.922. The molecule has 2 aromatic rings. The SMILES string of the molecule is Cc1c(Cl)nc(C2CC2)nc1Nc1ccc(Cl)cc1. The molecule has 3 nitrogen and oxygen atoms in total. The largest absolute Gasteiger partial charge is 0.340 e. The Morgan fingerprint density at radius 2 is 1.79 bits per heavy atom. The molecule has 1 saturated carbocycles. The zero-order chi connectivity index (χ0) is 13.4. The summed E-state index contributed by atoms with van der Waals surface area (Å²) in [6.45, 7) is 1.91. The maximum absolute atomic E-state index is 6.17. The predicted octanol–water partition coefficient (Wildman–Crippen LogP) is 4.71. The quantitative estimate of drug-likeness (QED) is 0.833. The van der Waals surface area contributed by atoms with E-state index >= 15 is 0 Å². The highest BCUT2D eigenvalue weighted by molar-refractivity contribution is 6.30. The fourth-order valence-corrected chi connectivity index (χ4v) is 2.12. The number of aromatic nitrogens is 2. The molecule has 0 atom stereocenters. The van der Waals surface area contributed by atoms with Gasteiger partial charge >= 0.3 is 0 Å². The maximum atomic E-state index is 6.17. The van der Waals surface area contributed by atoms with Gasteiger partial charge in [0.15, 0.2) is 0 Å². The molecule has 19 heavy (non-hydrogen) atoms. The molecular formula is C14H13Cl2N3. The molecule has 1 aliphatic rings. The van der Waals surface area contributed by atoms with Crippen molar-refractivity contribution in [2.75, 3.05) is 5.32 Å². The molecule has 0 amide bonds. The molecular weight excluding hydrogens is 281 g/mol. The number of nitrogens with one attached hydrogen (secondary N) is 1. The van der Waals surface area contributed by atoms with E-state index in [4.69, 9.17) is 23.2 Å². The monoisotopic (exact) mass is 293 g/mol. The minimum Gasteiger partial charge on any atom is -0.340 e. The highest BCUT2D eigenvalue weighted by Crippen LogP contribution is 2.39. The number of hydrogen-bond donors (Lipinski definition) is 1. The minimum absolute atomic E-state index is 0.476. The van der Waals surface area contributed by atoms with Gasteiger partial charge in [0.05, 0.1) is 0 Å². The lowest BCUT2D eigenvalue weighted by Crippen LogP contribution is -2.03. The summed E-state index contributed by atoms with van der Waals surface area (Å²) in [5, 5.41) is 4.50. The van der Waals surface area contributed by atoms with Gasteiger partial charge in [0.2, 0.25) is 0 Å². The third kappa shape index (κ3) is 2.82. The van der Waals surface area contributed by atoms with E-state index in [0.717, 1.165) is 35.7 Å². The van der Waals surface area contributed by atoms with Gasteiger partial charge in [-0.1, -0.05) is 23.2 Å². The number of benzene rings is 1. The standard InChI is InChI=1S/C14H13Cl2N3/c1-8-12(16)18-14(9-2-3-9)19-13(8)17-11-6-4-10(15)5-7-11/h4-7,9H,2-3H2,1H3,(H,17,18,19). The molecule has 98 valence electrons. The molecule has 5 heteroatoms. The van der Waals surface area contributed by atoms with Crippen molar-refractivity contribution < 1.29 is 0 Å². The van der Waals surface area contributed by atoms with Gasteiger partial charge in [-0.3, -0.25) is 0 Å². The smallest absolute Gasteiger partial charge is 0.138 e. The fraction of sp³-hybridized carbons (Fsp3) is 0.286. The van der Waals surface area contributed by atoms with Crippen molar-refractivity contribution in [3.63, 3.8) is 0 Å². The molecule has 0 radical (unpaired) electrons. The molecule has 1 aliphatic carbocycles.